The van der Waals surface area contributed by atoms with Gasteiger partial charge in [0.1, 0.15) is 12.1 Å². The summed E-state index contributed by atoms with van der Waals surface area (Å²) in [5.74, 6) is -4.24. The van der Waals surface area contributed by atoms with Crippen molar-refractivity contribution in [1.29, 1.82) is 0 Å². The van der Waals surface area contributed by atoms with Crippen LogP contribution in [-0.2, 0) is 25.6 Å². The van der Waals surface area contributed by atoms with Crippen molar-refractivity contribution in [3.63, 3.8) is 0 Å². The van der Waals surface area contributed by atoms with Gasteiger partial charge in [-0.1, -0.05) is 24.6 Å². The number of carboxylic acid groups (broad SMARTS) is 2. The van der Waals surface area contributed by atoms with Crippen molar-refractivity contribution in [2.24, 2.45) is 11.5 Å². The lowest BCUT2D eigenvalue weighted by Crippen LogP contribution is -2.55. The van der Waals surface area contributed by atoms with Gasteiger partial charge in [-0.25, -0.2) is 4.79 Å². The van der Waals surface area contributed by atoms with Crippen LogP contribution in [0.1, 0.15) is 31.2 Å². The first kappa shape index (κ1) is 24.8. The van der Waals surface area contributed by atoms with Crippen LogP contribution in [0, 0.1) is 0 Å². The van der Waals surface area contributed by atoms with Crippen LogP contribution in [0.15, 0.2) is 30.5 Å². The molecule has 32 heavy (non-hydrogen) atoms. The summed E-state index contributed by atoms with van der Waals surface area (Å²) in [6.45, 7) is 0.472. The number of aromatic amines is 1. The second kappa shape index (κ2) is 11.8. The van der Waals surface area contributed by atoms with Crippen molar-refractivity contribution < 1.29 is 29.4 Å². The number of carboxylic acids is 2. The maximum atomic E-state index is 12.9. The Morgan fingerprint density at radius 3 is 2.34 bits per heavy atom. The fourth-order valence-electron chi connectivity index (χ4n) is 3.30. The number of aromatic nitrogens is 1. The molecule has 0 radical (unpaired) electrons. The first-order valence-corrected chi connectivity index (χ1v) is 10.3. The zero-order valence-electron chi connectivity index (χ0n) is 17.5. The Balaban J connectivity index is 2.21. The average Bonchev–Trinajstić information content (AvgIpc) is 3.15. The maximum Gasteiger partial charge on any atom is 0.326 e. The Hall–Kier alpha value is -3.44. The number of aliphatic carboxylic acids is 2. The molecule has 0 saturated carbocycles. The molecule has 1 aromatic heterocycles. The Morgan fingerprint density at radius 1 is 1.00 bits per heavy atom. The number of carbonyl (C=O) groups is 4. The third kappa shape index (κ3) is 7.06. The summed E-state index contributed by atoms with van der Waals surface area (Å²) in [5.41, 5.74) is 12.9. The molecule has 11 heteroatoms. The number of carbonyl (C=O) groups excluding carboxylic acids is 2. The quantitative estimate of drug-likeness (QED) is 0.203. The number of amides is 2. The number of hydrogen-bond donors (Lipinski definition) is 7. The minimum Gasteiger partial charge on any atom is -0.481 e. The fourth-order valence-corrected chi connectivity index (χ4v) is 3.30. The second-order valence-corrected chi connectivity index (χ2v) is 7.51. The molecule has 2 amide bonds. The van der Waals surface area contributed by atoms with E-state index < -0.39 is 48.3 Å². The zero-order chi connectivity index (χ0) is 23.7. The molecule has 2 rings (SSSR count). The number of rotatable bonds is 13. The third-order valence-corrected chi connectivity index (χ3v) is 5.03. The molecule has 1 aromatic carbocycles. The highest BCUT2D eigenvalue weighted by Gasteiger charge is 2.30. The Bertz CT molecular complexity index is 959. The lowest BCUT2D eigenvalue weighted by atomic mass is 10.0. The SMILES string of the molecule is NCCCCC(N)C(=O)NC(Cc1c[nH]c2ccccc12)C(=O)NC(CC(=O)O)C(=O)O. The number of H-pyrrole nitrogens is 1. The maximum absolute atomic E-state index is 12.9. The molecule has 2 aromatic rings. The standard InChI is InChI=1S/C21H29N5O6/c22-8-4-3-6-14(23)19(29)25-16(20(30)26-17(21(31)32)10-18(27)28)9-12-11-24-15-7-2-1-5-13(12)15/h1-2,5,7,11,14,16-17,24H,3-4,6,8-10,22-23H2,(H,25,29)(H,26,30)(H,27,28)(H,31,32). The summed E-state index contributed by atoms with van der Waals surface area (Å²) < 4.78 is 0. The topological polar surface area (TPSA) is 201 Å². The van der Waals surface area contributed by atoms with Gasteiger partial charge in [-0.05, 0) is 31.0 Å². The summed E-state index contributed by atoms with van der Waals surface area (Å²) in [5, 5.41) is 23.8. The first-order chi connectivity index (χ1) is 15.2. The molecule has 0 spiro atoms. The van der Waals surface area contributed by atoms with Gasteiger partial charge in [-0.15, -0.1) is 0 Å². The molecular weight excluding hydrogens is 418 g/mol. The highest BCUT2D eigenvalue weighted by Crippen LogP contribution is 2.19. The molecule has 174 valence electrons. The van der Waals surface area contributed by atoms with Gasteiger partial charge in [-0.2, -0.15) is 0 Å². The lowest BCUT2D eigenvalue weighted by Gasteiger charge is -2.22. The predicted molar refractivity (Wildman–Crippen MR) is 117 cm³/mol. The Labute approximate surface area is 184 Å². The van der Waals surface area contributed by atoms with Crippen LogP contribution in [0.5, 0.6) is 0 Å². The number of fused-ring (bicyclic) bond motifs is 1. The van der Waals surface area contributed by atoms with E-state index in [1.54, 1.807) is 6.20 Å². The summed E-state index contributed by atoms with van der Waals surface area (Å²) in [7, 11) is 0. The van der Waals surface area contributed by atoms with E-state index in [1.165, 1.54) is 0 Å². The van der Waals surface area contributed by atoms with E-state index >= 15 is 0 Å². The van der Waals surface area contributed by atoms with Gasteiger partial charge in [0.2, 0.25) is 11.8 Å². The third-order valence-electron chi connectivity index (χ3n) is 5.03. The smallest absolute Gasteiger partial charge is 0.326 e. The van der Waals surface area contributed by atoms with Crippen molar-refractivity contribution in [3.05, 3.63) is 36.0 Å². The molecule has 0 saturated heterocycles. The van der Waals surface area contributed by atoms with E-state index in [0.717, 1.165) is 16.5 Å². The molecule has 3 atom stereocenters. The lowest BCUT2D eigenvalue weighted by molar-refractivity contribution is -0.147. The van der Waals surface area contributed by atoms with Crippen LogP contribution in [0.25, 0.3) is 10.9 Å². The zero-order valence-corrected chi connectivity index (χ0v) is 17.5. The molecule has 0 bridgehead atoms. The van der Waals surface area contributed by atoms with Gasteiger partial charge in [0.25, 0.3) is 0 Å². The van der Waals surface area contributed by atoms with Crippen molar-refractivity contribution >= 4 is 34.7 Å². The first-order valence-electron chi connectivity index (χ1n) is 10.3. The predicted octanol–water partition coefficient (Wildman–Crippen LogP) is -0.304. The highest BCUT2D eigenvalue weighted by molar-refractivity contribution is 5.93. The van der Waals surface area contributed by atoms with Crippen molar-refractivity contribution in [1.82, 2.24) is 15.6 Å². The average molecular weight is 447 g/mol. The number of nitrogens with two attached hydrogens (primary N) is 2. The van der Waals surface area contributed by atoms with Crippen LogP contribution < -0.4 is 22.1 Å². The van der Waals surface area contributed by atoms with E-state index in [1.807, 2.05) is 24.3 Å². The minimum absolute atomic E-state index is 0.0521. The van der Waals surface area contributed by atoms with Crippen LogP contribution in [0.4, 0.5) is 0 Å². The summed E-state index contributed by atoms with van der Waals surface area (Å²) in [4.78, 5) is 50.8. The highest BCUT2D eigenvalue weighted by atomic mass is 16.4. The molecule has 3 unspecified atom stereocenters. The molecule has 0 fully saturated rings. The van der Waals surface area contributed by atoms with Crippen LogP contribution in [0.2, 0.25) is 0 Å². The minimum atomic E-state index is -1.64. The molecule has 11 nitrogen and oxygen atoms in total. The van der Waals surface area contributed by atoms with Crippen molar-refractivity contribution in [3.8, 4) is 0 Å². The van der Waals surface area contributed by atoms with E-state index in [9.17, 15) is 24.3 Å². The van der Waals surface area contributed by atoms with Crippen LogP contribution in [0.3, 0.4) is 0 Å². The van der Waals surface area contributed by atoms with E-state index in [4.69, 9.17) is 16.6 Å². The largest absolute Gasteiger partial charge is 0.481 e. The Kier molecular flexibility index (Phi) is 9.17. The number of para-hydroxylation sites is 1. The molecular formula is C21H29N5O6. The van der Waals surface area contributed by atoms with Crippen LogP contribution >= 0.6 is 0 Å². The number of unbranched alkanes of at least 4 members (excludes halogenated alkanes) is 1. The van der Waals surface area contributed by atoms with Gasteiger partial charge < -0.3 is 37.3 Å². The van der Waals surface area contributed by atoms with Crippen molar-refractivity contribution in [2.45, 2.75) is 50.2 Å². The van der Waals surface area contributed by atoms with Gasteiger partial charge >= 0.3 is 11.9 Å². The molecule has 0 aliphatic rings. The second-order valence-electron chi connectivity index (χ2n) is 7.51. The summed E-state index contributed by atoms with van der Waals surface area (Å²) in [6.07, 6.45) is 2.68. The van der Waals surface area contributed by atoms with Gasteiger partial charge in [-0.3, -0.25) is 14.4 Å². The summed E-state index contributed by atoms with van der Waals surface area (Å²) >= 11 is 0. The van der Waals surface area contributed by atoms with Gasteiger partial charge in [0.05, 0.1) is 12.5 Å². The van der Waals surface area contributed by atoms with Gasteiger partial charge in [0.15, 0.2) is 0 Å². The Morgan fingerprint density at radius 2 is 1.69 bits per heavy atom. The monoisotopic (exact) mass is 447 g/mol. The molecule has 0 aliphatic heterocycles. The number of benzene rings is 1. The fraction of sp³-hybridized carbons (Fsp3) is 0.429. The van der Waals surface area contributed by atoms with Gasteiger partial charge in [0, 0.05) is 23.5 Å². The van der Waals surface area contributed by atoms with E-state index in [0.29, 0.717) is 25.8 Å². The van der Waals surface area contributed by atoms with Crippen molar-refractivity contribution in [2.75, 3.05) is 6.54 Å². The molecule has 1 heterocycles. The summed E-state index contributed by atoms with van der Waals surface area (Å²) in [6, 6.07) is 3.72. The number of nitrogens with one attached hydrogen (secondary N) is 3. The van der Waals surface area contributed by atoms with Crippen LogP contribution in [-0.4, -0.2) is 63.6 Å². The molecule has 9 N–H and O–H groups in total. The van der Waals surface area contributed by atoms with E-state index in [2.05, 4.69) is 15.6 Å². The normalized spacial score (nSPS) is 13.8. The molecule has 0 aliphatic carbocycles. The van der Waals surface area contributed by atoms with E-state index in [-0.39, 0.29) is 6.42 Å². The number of hydrogen-bond acceptors (Lipinski definition) is 6.